The first kappa shape index (κ1) is 24.0. The van der Waals surface area contributed by atoms with Gasteiger partial charge in [-0.1, -0.05) is 19.1 Å². The monoisotopic (exact) mass is 442 g/mol. The van der Waals surface area contributed by atoms with E-state index in [1.54, 1.807) is 7.05 Å². The van der Waals surface area contributed by atoms with E-state index in [-0.39, 0.29) is 17.9 Å². The highest BCUT2D eigenvalue weighted by atomic mass is 16.2. The van der Waals surface area contributed by atoms with Gasteiger partial charge in [-0.3, -0.25) is 19.5 Å². The molecule has 8 heteroatoms. The zero-order valence-corrected chi connectivity index (χ0v) is 19.8. The molecule has 2 saturated heterocycles. The fraction of sp³-hybridized carbons (Fsp3) is 0.625. The second-order valence-electron chi connectivity index (χ2n) is 8.63. The Labute approximate surface area is 192 Å². The lowest BCUT2D eigenvalue weighted by Gasteiger charge is -2.39. The molecule has 176 valence electrons. The van der Waals surface area contributed by atoms with E-state index >= 15 is 0 Å². The van der Waals surface area contributed by atoms with E-state index in [0.29, 0.717) is 13.0 Å². The molecule has 3 rings (SSSR count). The normalized spacial score (nSPS) is 18.5. The van der Waals surface area contributed by atoms with Gasteiger partial charge in [-0.2, -0.15) is 0 Å². The number of amides is 2. The van der Waals surface area contributed by atoms with Crippen LogP contribution in [0.25, 0.3) is 0 Å². The van der Waals surface area contributed by atoms with Crippen molar-refractivity contribution in [2.24, 2.45) is 4.99 Å². The molecule has 0 saturated carbocycles. The predicted octanol–water partition coefficient (Wildman–Crippen LogP) is 2.13. The quantitative estimate of drug-likeness (QED) is 0.500. The van der Waals surface area contributed by atoms with Gasteiger partial charge in [-0.05, 0) is 43.9 Å². The average Bonchev–Trinajstić information content (AvgIpc) is 3.35. The van der Waals surface area contributed by atoms with Crippen LogP contribution in [0, 0.1) is 0 Å². The summed E-state index contributed by atoms with van der Waals surface area (Å²) in [4.78, 5) is 35.4. The minimum Gasteiger partial charge on any atom is -0.352 e. The van der Waals surface area contributed by atoms with Gasteiger partial charge in [0.25, 0.3) is 0 Å². The van der Waals surface area contributed by atoms with Gasteiger partial charge in [0.05, 0.1) is 6.04 Å². The fourth-order valence-corrected chi connectivity index (χ4v) is 4.35. The molecular weight excluding hydrogens is 404 g/mol. The first-order valence-electron chi connectivity index (χ1n) is 11.9. The Morgan fingerprint density at radius 2 is 1.66 bits per heavy atom. The number of guanidine groups is 1. The largest absolute Gasteiger partial charge is 0.352 e. The Hall–Kier alpha value is -2.61. The van der Waals surface area contributed by atoms with E-state index in [1.807, 2.05) is 43.0 Å². The molecule has 32 heavy (non-hydrogen) atoms. The summed E-state index contributed by atoms with van der Waals surface area (Å²) in [5, 5.41) is 6.36. The zero-order chi connectivity index (χ0) is 22.9. The summed E-state index contributed by atoms with van der Waals surface area (Å²) in [6.07, 6.45) is 3.64. The van der Waals surface area contributed by atoms with Crippen molar-refractivity contribution in [3.63, 3.8) is 0 Å². The van der Waals surface area contributed by atoms with Crippen molar-refractivity contribution in [3.8, 4) is 0 Å². The molecule has 0 aromatic heterocycles. The minimum absolute atomic E-state index is 0.0503. The Kier molecular flexibility index (Phi) is 8.90. The average molecular weight is 443 g/mol. The van der Waals surface area contributed by atoms with Crippen molar-refractivity contribution in [2.45, 2.75) is 52.1 Å². The van der Waals surface area contributed by atoms with Crippen molar-refractivity contribution in [3.05, 3.63) is 29.8 Å². The smallest absolute Gasteiger partial charge is 0.239 e. The van der Waals surface area contributed by atoms with E-state index in [1.165, 1.54) is 0 Å². The molecule has 0 bridgehead atoms. The number of anilines is 1. The number of carbonyl (C=O) groups is 2. The van der Waals surface area contributed by atoms with Crippen molar-refractivity contribution >= 4 is 23.5 Å². The fourth-order valence-electron chi connectivity index (χ4n) is 4.35. The predicted molar refractivity (Wildman–Crippen MR) is 129 cm³/mol. The number of likely N-dealkylation sites (tertiary alicyclic amines) is 1. The number of hydrogen-bond acceptors (Lipinski definition) is 4. The molecule has 2 aliphatic rings. The number of piperazine rings is 1. The van der Waals surface area contributed by atoms with Crippen molar-refractivity contribution in [1.82, 2.24) is 20.0 Å². The first-order chi connectivity index (χ1) is 15.5. The van der Waals surface area contributed by atoms with E-state index in [4.69, 9.17) is 0 Å². The van der Waals surface area contributed by atoms with Crippen LogP contribution in [0.3, 0.4) is 0 Å². The Bertz CT molecular complexity index is 780. The summed E-state index contributed by atoms with van der Waals surface area (Å²) in [5.41, 5.74) is 1.95. The highest BCUT2D eigenvalue weighted by Crippen LogP contribution is 2.14. The van der Waals surface area contributed by atoms with Crippen LogP contribution < -0.4 is 10.6 Å². The van der Waals surface area contributed by atoms with E-state index in [9.17, 15) is 9.59 Å². The molecule has 8 nitrogen and oxygen atoms in total. The van der Waals surface area contributed by atoms with Crippen LogP contribution in [0.2, 0.25) is 0 Å². The lowest BCUT2D eigenvalue weighted by Crippen LogP contribution is -2.57. The number of hydrogen-bond donors (Lipinski definition) is 2. The van der Waals surface area contributed by atoms with Gasteiger partial charge in [-0.25, -0.2) is 0 Å². The molecular formula is C24H38N6O2. The summed E-state index contributed by atoms with van der Waals surface area (Å²) >= 11 is 0. The van der Waals surface area contributed by atoms with E-state index < -0.39 is 0 Å². The minimum atomic E-state index is -0.0541. The van der Waals surface area contributed by atoms with Crippen LogP contribution in [0.1, 0.15) is 45.1 Å². The maximum Gasteiger partial charge on any atom is 0.239 e. The third-order valence-corrected chi connectivity index (χ3v) is 6.31. The SMILES string of the molecule is CCCC(=O)Nc1ccc(CNC(=NC)N2CCN(C(C)C(=O)N3CCCC3)CC2)cc1. The summed E-state index contributed by atoms with van der Waals surface area (Å²) in [6, 6.07) is 7.86. The maximum absolute atomic E-state index is 12.7. The topological polar surface area (TPSA) is 80.3 Å². The molecule has 2 N–H and O–H groups in total. The van der Waals surface area contributed by atoms with Crippen LogP contribution >= 0.6 is 0 Å². The highest BCUT2D eigenvalue weighted by Gasteiger charge is 2.30. The van der Waals surface area contributed by atoms with Crippen LogP contribution in [0.4, 0.5) is 5.69 Å². The van der Waals surface area contributed by atoms with Crippen molar-refractivity contribution < 1.29 is 9.59 Å². The van der Waals surface area contributed by atoms with Crippen LogP contribution in [-0.4, -0.2) is 84.8 Å². The molecule has 0 spiro atoms. The second-order valence-corrected chi connectivity index (χ2v) is 8.63. The van der Waals surface area contributed by atoms with E-state index in [2.05, 4.69) is 25.4 Å². The maximum atomic E-state index is 12.7. The zero-order valence-electron chi connectivity index (χ0n) is 19.8. The van der Waals surface area contributed by atoms with Gasteiger partial charge in [0.15, 0.2) is 5.96 Å². The number of carbonyl (C=O) groups excluding carboxylic acids is 2. The summed E-state index contributed by atoms with van der Waals surface area (Å²) in [5.74, 6) is 1.20. The Morgan fingerprint density at radius 1 is 1.00 bits per heavy atom. The number of rotatable bonds is 7. The number of nitrogens with one attached hydrogen (secondary N) is 2. The molecule has 2 fully saturated rings. The van der Waals surface area contributed by atoms with Gasteiger partial charge in [0.2, 0.25) is 11.8 Å². The van der Waals surface area contributed by atoms with Crippen LogP contribution in [0.5, 0.6) is 0 Å². The van der Waals surface area contributed by atoms with Gasteiger partial charge in [-0.15, -0.1) is 0 Å². The molecule has 2 aliphatic heterocycles. The Morgan fingerprint density at radius 3 is 2.25 bits per heavy atom. The van der Waals surface area contributed by atoms with Gasteiger partial charge >= 0.3 is 0 Å². The molecule has 0 radical (unpaired) electrons. The highest BCUT2D eigenvalue weighted by molar-refractivity contribution is 5.90. The molecule has 1 unspecified atom stereocenters. The summed E-state index contributed by atoms with van der Waals surface area (Å²) in [7, 11) is 1.81. The van der Waals surface area contributed by atoms with Crippen molar-refractivity contribution in [1.29, 1.82) is 0 Å². The molecule has 1 atom stereocenters. The van der Waals surface area contributed by atoms with Crippen molar-refractivity contribution in [2.75, 3.05) is 51.6 Å². The number of benzene rings is 1. The van der Waals surface area contributed by atoms with Crippen LogP contribution in [0.15, 0.2) is 29.3 Å². The first-order valence-corrected chi connectivity index (χ1v) is 11.9. The van der Waals surface area contributed by atoms with Gasteiger partial charge in [0.1, 0.15) is 0 Å². The molecule has 2 heterocycles. The van der Waals surface area contributed by atoms with E-state index in [0.717, 1.165) is 75.7 Å². The summed E-state index contributed by atoms with van der Waals surface area (Å²) in [6.45, 7) is 9.92. The number of aliphatic imine (C=N–C) groups is 1. The standard InChI is InChI=1S/C24H38N6O2/c1-4-7-22(31)27-21-10-8-20(9-11-21)18-26-24(25-3)30-16-14-28(15-17-30)19(2)23(32)29-12-5-6-13-29/h8-11,19H,4-7,12-18H2,1-3H3,(H,25,26)(H,27,31). The molecule has 2 amide bonds. The molecule has 1 aromatic rings. The summed E-state index contributed by atoms with van der Waals surface area (Å²) < 4.78 is 0. The third kappa shape index (κ3) is 6.45. The van der Waals surface area contributed by atoms with Crippen LogP contribution in [-0.2, 0) is 16.1 Å². The third-order valence-electron chi connectivity index (χ3n) is 6.31. The van der Waals surface area contributed by atoms with Gasteiger partial charge in [0, 0.05) is 65.0 Å². The lowest BCUT2D eigenvalue weighted by atomic mass is 10.2. The Balaban J connectivity index is 1.44. The van der Waals surface area contributed by atoms with Gasteiger partial charge < -0.3 is 20.4 Å². The lowest BCUT2D eigenvalue weighted by molar-refractivity contribution is -0.135. The molecule has 1 aromatic carbocycles. The second kappa shape index (κ2) is 11.9. The molecule has 0 aliphatic carbocycles. The number of nitrogens with zero attached hydrogens (tertiary/aromatic N) is 4.